The molecule has 0 aliphatic heterocycles. The molecule has 0 aromatic rings. The van der Waals surface area contributed by atoms with Crippen molar-refractivity contribution in [2.45, 2.75) is 57.5 Å². The highest BCUT2D eigenvalue weighted by Gasteiger charge is 2.37. The molecule has 3 nitrogen and oxygen atoms in total. The van der Waals surface area contributed by atoms with Crippen LogP contribution in [0.25, 0.3) is 0 Å². The Balaban J connectivity index is 1.62. The van der Waals surface area contributed by atoms with Crippen molar-refractivity contribution >= 4 is 0 Å². The average molecular weight is 404 g/mol. The molecule has 0 aromatic carbocycles. The molecule has 4 aliphatic rings. The van der Waals surface area contributed by atoms with Crippen LogP contribution in [0.2, 0.25) is 0 Å². The third-order valence-electron chi connectivity index (χ3n) is 7.02. The van der Waals surface area contributed by atoms with Crippen molar-refractivity contribution in [3.63, 3.8) is 0 Å². The van der Waals surface area contributed by atoms with Crippen LogP contribution in [0.5, 0.6) is 0 Å². The first-order valence-corrected chi connectivity index (χ1v) is 11.7. The molecule has 4 aliphatic carbocycles. The van der Waals surface area contributed by atoms with E-state index in [2.05, 4.69) is 89.7 Å². The minimum absolute atomic E-state index is 0.00798. The molecule has 4 rings (SSSR count). The van der Waals surface area contributed by atoms with E-state index < -0.39 is 0 Å². The van der Waals surface area contributed by atoms with Gasteiger partial charge in [-0.05, 0) is 51.1 Å². The van der Waals surface area contributed by atoms with Gasteiger partial charge in [0.05, 0.1) is 6.67 Å². The van der Waals surface area contributed by atoms with Gasteiger partial charge < -0.3 is 16.0 Å². The van der Waals surface area contributed by atoms with Crippen molar-refractivity contribution in [3.8, 4) is 0 Å². The monoisotopic (exact) mass is 403 g/mol. The van der Waals surface area contributed by atoms with Gasteiger partial charge in [-0.25, -0.2) is 0 Å². The van der Waals surface area contributed by atoms with Crippen LogP contribution in [0.1, 0.15) is 45.4 Å². The zero-order chi connectivity index (χ0) is 20.8. The van der Waals surface area contributed by atoms with Crippen molar-refractivity contribution in [2.75, 3.05) is 13.7 Å². The molecule has 0 bridgehead atoms. The molecule has 4 atom stereocenters. The summed E-state index contributed by atoms with van der Waals surface area (Å²) in [6.45, 7) is 3.23. The van der Waals surface area contributed by atoms with E-state index in [4.69, 9.17) is 0 Å². The Hall–Kier alpha value is -2.10. The Morgan fingerprint density at radius 1 is 1.03 bits per heavy atom. The summed E-state index contributed by atoms with van der Waals surface area (Å²) in [6, 6.07) is 0.814. The first-order chi connectivity index (χ1) is 14.7. The number of nitrogens with one attached hydrogen (secondary N) is 3. The van der Waals surface area contributed by atoms with E-state index in [1.165, 1.54) is 30.5 Å². The molecule has 3 N–H and O–H groups in total. The second-order valence-corrected chi connectivity index (χ2v) is 9.10. The summed E-state index contributed by atoms with van der Waals surface area (Å²) in [7, 11) is 2.00. The molecule has 30 heavy (non-hydrogen) atoms. The lowest BCUT2D eigenvalue weighted by Gasteiger charge is -2.42. The van der Waals surface area contributed by atoms with E-state index in [0.717, 1.165) is 25.9 Å². The second kappa shape index (κ2) is 9.80. The fraction of sp³-hybridized carbons (Fsp3) is 0.481. The van der Waals surface area contributed by atoms with E-state index in [1.54, 1.807) is 5.57 Å². The van der Waals surface area contributed by atoms with Crippen LogP contribution in [0.15, 0.2) is 83.7 Å². The van der Waals surface area contributed by atoms with Gasteiger partial charge in [0.15, 0.2) is 0 Å². The van der Waals surface area contributed by atoms with Crippen LogP contribution in [-0.2, 0) is 0 Å². The van der Waals surface area contributed by atoms with Crippen LogP contribution < -0.4 is 16.0 Å². The van der Waals surface area contributed by atoms with Crippen LogP contribution in [0.4, 0.5) is 0 Å². The quantitative estimate of drug-likeness (QED) is 0.411. The normalized spacial score (nSPS) is 33.1. The molecule has 0 amide bonds. The smallest absolute Gasteiger partial charge is 0.0647 e. The van der Waals surface area contributed by atoms with Crippen LogP contribution >= 0.6 is 0 Å². The van der Waals surface area contributed by atoms with E-state index in [1.807, 2.05) is 7.05 Å². The molecule has 160 valence electrons. The molecule has 0 aromatic heterocycles. The van der Waals surface area contributed by atoms with Gasteiger partial charge in [-0.3, -0.25) is 0 Å². The Labute approximate surface area is 182 Å². The summed E-state index contributed by atoms with van der Waals surface area (Å²) in [6.07, 6.45) is 32.5. The van der Waals surface area contributed by atoms with Crippen LogP contribution in [-0.4, -0.2) is 25.8 Å². The SMILES string of the molecule is CNCNC1=C(C2C=CC=CC2)C=C(C2(C)C=CC=CC2NC2C=CCCC2)CC1. The molecule has 0 heterocycles. The van der Waals surface area contributed by atoms with Gasteiger partial charge in [0, 0.05) is 29.1 Å². The van der Waals surface area contributed by atoms with Gasteiger partial charge in [-0.1, -0.05) is 79.3 Å². The van der Waals surface area contributed by atoms with Gasteiger partial charge in [0.1, 0.15) is 0 Å². The Morgan fingerprint density at radius 2 is 1.93 bits per heavy atom. The molecule has 0 saturated carbocycles. The van der Waals surface area contributed by atoms with E-state index in [-0.39, 0.29) is 5.41 Å². The topological polar surface area (TPSA) is 36.1 Å². The van der Waals surface area contributed by atoms with Gasteiger partial charge in [0.25, 0.3) is 0 Å². The molecular weight excluding hydrogens is 366 g/mol. The van der Waals surface area contributed by atoms with E-state index >= 15 is 0 Å². The fourth-order valence-corrected chi connectivity index (χ4v) is 5.15. The number of hydrogen-bond acceptors (Lipinski definition) is 3. The minimum atomic E-state index is 0.00798. The molecule has 4 unspecified atom stereocenters. The third kappa shape index (κ3) is 4.63. The van der Waals surface area contributed by atoms with Crippen molar-refractivity contribution in [1.29, 1.82) is 0 Å². The van der Waals surface area contributed by atoms with E-state index in [0.29, 0.717) is 18.0 Å². The highest BCUT2D eigenvalue weighted by molar-refractivity contribution is 5.44. The van der Waals surface area contributed by atoms with Gasteiger partial charge in [0.2, 0.25) is 0 Å². The first kappa shape index (κ1) is 21.1. The summed E-state index contributed by atoms with van der Waals surface area (Å²) < 4.78 is 0. The average Bonchev–Trinajstić information content (AvgIpc) is 2.80. The maximum absolute atomic E-state index is 3.95. The van der Waals surface area contributed by atoms with Crippen LogP contribution in [0, 0.1) is 11.3 Å². The van der Waals surface area contributed by atoms with Crippen molar-refractivity contribution < 1.29 is 0 Å². The number of allylic oxidation sites excluding steroid dienone is 10. The Kier molecular flexibility index (Phi) is 6.91. The van der Waals surface area contributed by atoms with Gasteiger partial charge in [-0.2, -0.15) is 0 Å². The number of hydrogen-bond donors (Lipinski definition) is 3. The molecule has 0 saturated heterocycles. The van der Waals surface area contributed by atoms with E-state index in [9.17, 15) is 0 Å². The lowest BCUT2D eigenvalue weighted by atomic mass is 9.68. The fourth-order valence-electron chi connectivity index (χ4n) is 5.15. The zero-order valence-electron chi connectivity index (χ0n) is 18.5. The molecule has 0 fully saturated rings. The first-order valence-electron chi connectivity index (χ1n) is 11.7. The minimum Gasteiger partial charge on any atom is -0.376 e. The Bertz CT molecular complexity index is 823. The maximum atomic E-state index is 3.95. The van der Waals surface area contributed by atoms with Crippen LogP contribution in [0.3, 0.4) is 0 Å². The third-order valence-corrected chi connectivity index (χ3v) is 7.02. The molecular formula is C27H37N3. The highest BCUT2D eigenvalue weighted by Crippen LogP contribution is 2.43. The van der Waals surface area contributed by atoms with Crippen molar-refractivity contribution in [3.05, 3.63) is 83.7 Å². The maximum Gasteiger partial charge on any atom is 0.0647 e. The summed E-state index contributed by atoms with van der Waals surface area (Å²) in [5.74, 6) is 0.462. The summed E-state index contributed by atoms with van der Waals surface area (Å²) in [4.78, 5) is 0. The second-order valence-electron chi connectivity index (χ2n) is 9.10. The lowest BCUT2D eigenvalue weighted by molar-refractivity contribution is 0.338. The number of rotatable bonds is 7. The van der Waals surface area contributed by atoms with Crippen molar-refractivity contribution in [1.82, 2.24) is 16.0 Å². The van der Waals surface area contributed by atoms with Gasteiger partial charge >= 0.3 is 0 Å². The molecule has 0 radical (unpaired) electrons. The van der Waals surface area contributed by atoms with Crippen molar-refractivity contribution in [2.24, 2.45) is 11.3 Å². The lowest BCUT2D eigenvalue weighted by Crippen LogP contribution is -2.48. The summed E-state index contributed by atoms with van der Waals surface area (Å²) in [5, 5.41) is 10.8. The summed E-state index contributed by atoms with van der Waals surface area (Å²) in [5.41, 5.74) is 4.42. The Morgan fingerprint density at radius 3 is 2.70 bits per heavy atom. The highest BCUT2D eigenvalue weighted by atomic mass is 15.0. The molecule has 3 heteroatoms. The predicted octanol–water partition coefficient (Wildman–Crippen LogP) is 5.06. The standard InChI is InChI=1S/C27H37N3/c1-27(18-10-9-15-26(27)30-23-13-7-4-8-14-23)22-16-17-25(29-20-28-2)24(19-22)21-11-5-3-6-12-21/h3,5-7,9-11,13,15,18-19,21,23,26,28-30H,4,8,12,14,16-17,20H2,1-2H3. The van der Waals surface area contributed by atoms with Gasteiger partial charge in [-0.15, -0.1) is 0 Å². The largest absolute Gasteiger partial charge is 0.376 e. The summed E-state index contributed by atoms with van der Waals surface area (Å²) >= 11 is 0. The predicted molar refractivity (Wildman–Crippen MR) is 128 cm³/mol. The zero-order valence-corrected chi connectivity index (χ0v) is 18.5. The molecule has 0 spiro atoms.